The molecule has 0 unspecified atom stereocenters. The Morgan fingerprint density at radius 3 is 2.79 bits per heavy atom. The lowest BCUT2D eigenvalue weighted by atomic mass is 10.1. The van der Waals surface area contributed by atoms with Gasteiger partial charge in [-0.3, -0.25) is 0 Å². The summed E-state index contributed by atoms with van der Waals surface area (Å²) in [7, 11) is 1.65. The van der Waals surface area contributed by atoms with Gasteiger partial charge in [-0.05, 0) is 12.1 Å². The maximum atomic E-state index is 5.77. The largest absolute Gasteiger partial charge is 0.496 e. The van der Waals surface area contributed by atoms with Gasteiger partial charge in [-0.1, -0.05) is 23.7 Å². The lowest BCUT2D eigenvalue weighted by Crippen LogP contribution is -1.86. The van der Waals surface area contributed by atoms with Crippen LogP contribution >= 0.6 is 22.9 Å². The summed E-state index contributed by atoms with van der Waals surface area (Å²) in [6, 6.07) is 7.74. The third-order valence-corrected chi connectivity index (χ3v) is 2.84. The molecule has 0 fully saturated rings. The molecule has 0 radical (unpaired) electrons. The fourth-order valence-corrected chi connectivity index (χ4v) is 2.00. The van der Waals surface area contributed by atoms with Gasteiger partial charge in [0.15, 0.2) is 4.47 Å². The third-order valence-electron chi connectivity index (χ3n) is 1.86. The van der Waals surface area contributed by atoms with Gasteiger partial charge in [0, 0.05) is 10.9 Å². The van der Waals surface area contributed by atoms with E-state index >= 15 is 0 Å². The summed E-state index contributed by atoms with van der Waals surface area (Å²) in [5.41, 5.74) is 1.83. The van der Waals surface area contributed by atoms with E-state index < -0.39 is 0 Å². The second-order valence-electron chi connectivity index (χ2n) is 2.69. The molecule has 0 aliphatic rings. The van der Waals surface area contributed by atoms with Gasteiger partial charge in [-0.15, -0.1) is 11.3 Å². The number of methoxy groups -OCH3 is 1. The maximum Gasteiger partial charge on any atom is 0.184 e. The Balaban J connectivity index is 2.50. The van der Waals surface area contributed by atoms with Crippen molar-refractivity contribution in [1.29, 1.82) is 0 Å². The van der Waals surface area contributed by atoms with Crippen molar-refractivity contribution < 1.29 is 4.74 Å². The van der Waals surface area contributed by atoms with Crippen LogP contribution in [-0.4, -0.2) is 12.1 Å². The van der Waals surface area contributed by atoms with E-state index in [1.807, 2.05) is 29.6 Å². The van der Waals surface area contributed by atoms with E-state index in [1.165, 1.54) is 11.3 Å². The Morgan fingerprint density at radius 2 is 2.14 bits per heavy atom. The Kier molecular flexibility index (Phi) is 2.70. The van der Waals surface area contributed by atoms with Crippen LogP contribution in [0, 0.1) is 0 Å². The monoisotopic (exact) mass is 225 g/mol. The van der Waals surface area contributed by atoms with Gasteiger partial charge in [-0.2, -0.15) is 0 Å². The molecule has 0 atom stereocenters. The normalized spacial score (nSPS) is 10.1. The molecule has 72 valence electrons. The van der Waals surface area contributed by atoms with Crippen molar-refractivity contribution in [3.05, 3.63) is 34.1 Å². The highest BCUT2D eigenvalue weighted by atomic mass is 35.5. The molecule has 1 heterocycles. The van der Waals surface area contributed by atoms with Crippen LogP contribution < -0.4 is 4.74 Å². The van der Waals surface area contributed by atoms with Crippen molar-refractivity contribution in [1.82, 2.24) is 4.98 Å². The standard InChI is InChI=1S/C10H8ClNOS/c1-13-9-5-3-2-4-7(9)8-6-14-10(11)12-8/h2-6H,1H3. The van der Waals surface area contributed by atoms with Crippen molar-refractivity contribution in [2.24, 2.45) is 0 Å². The smallest absolute Gasteiger partial charge is 0.184 e. The summed E-state index contributed by atoms with van der Waals surface area (Å²) in [4.78, 5) is 4.19. The summed E-state index contributed by atoms with van der Waals surface area (Å²) in [5.74, 6) is 0.814. The molecule has 14 heavy (non-hydrogen) atoms. The third kappa shape index (κ3) is 1.74. The molecule has 1 aromatic carbocycles. The lowest BCUT2D eigenvalue weighted by molar-refractivity contribution is 0.416. The first-order valence-corrected chi connectivity index (χ1v) is 5.31. The highest BCUT2D eigenvalue weighted by Gasteiger charge is 2.07. The van der Waals surface area contributed by atoms with Crippen LogP contribution in [0.5, 0.6) is 5.75 Å². The molecule has 0 spiro atoms. The molecule has 4 heteroatoms. The van der Waals surface area contributed by atoms with E-state index in [-0.39, 0.29) is 0 Å². The number of hydrogen-bond acceptors (Lipinski definition) is 3. The molecular weight excluding hydrogens is 218 g/mol. The zero-order chi connectivity index (χ0) is 9.97. The first kappa shape index (κ1) is 9.49. The van der Waals surface area contributed by atoms with Crippen LogP contribution in [0.2, 0.25) is 4.47 Å². The number of nitrogens with zero attached hydrogens (tertiary/aromatic N) is 1. The number of halogens is 1. The van der Waals surface area contributed by atoms with Gasteiger partial charge < -0.3 is 4.74 Å². The summed E-state index contributed by atoms with van der Waals surface area (Å²) in [5, 5.41) is 1.92. The van der Waals surface area contributed by atoms with Crippen molar-refractivity contribution in [3.63, 3.8) is 0 Å². The number of hydrogen-bond donors (Lipinski definition) is 0. The first-order chi connectivity index (χ1) is 6.81. The van der Waals surface area contributed by atoms with Crippen LogP contribution in [0.4, 0.5) is 0 Å². The summed E-state index contributed by atoms with van der Waals surface area (Å²) >= 11 is 7.19. The molecular formula is C10H8ClNOS. The van der Waals surface area contributed by atoms with E-state index in [4.69, 9.17) is 16.3 Å². The van der Waals surface area contributed by atoms with Crippen LogP contribution in [0.15, 0.2) is 29.6 Å². The van der Waals surface area contributed by atoms with E-state index in [9.17, 15) is 0 Å². The van der Waals surface area contributed by atoms with Crippen LogP contribution in [0.3, 0.4) is 0 Å². The van der Waals surface area contributed by atoms with Gasteiger partial charge in [0.1, 0.15) is 5.75 Å². The molecule has 0 N–H and O–H groups in total. The van der Waals surface area contributed by atoms with E-state index in [2.05, 4.69) is 4.98 Å². The number of thiazole rings is 1. The molecule has 2 nitrogen and oxygen atoms in total. The fourth-order valence-electron chi connectivity index (χ4n) is 1.23. The Hall–Kier alpha value is -1.06. The fraction of sp³-hybridized carbons (Fsp3) is 0.100. The predicted molar refractivity (Wildman–Crippen MR) is 59.1 cm³/mol. The minimum Gasteiger partial charge on any atom is -0.496 e. The average molecular weight is 226 g/mol. The molecule has 0 saturated carbocycles. The van der Waals surface area contributed by atoms with Gasteiger partial charge in [0.2, 0.25) is 0 Å². The zero-order valence-corrected chi connectivity index (χ0v) is 9.10. The number of rotatable bonds is 2. The summed E-state index contributed by atoms with van der Waals surface area (Å²) in [6.07, 6.45) is 0. The molecule has 1 aromatic heterocycles. The minimum absolute atomic E-state index is 0.547. The minimum atomic E-state index is 0.547. The Bertz CT molecular complexity index is 441. The van der Waals surface area contributed by atoms with Gasteiger partial charge in [0.05, 0.1) is 12.8 Å². The van der Waals surface area contributed by atoms with Crippen molar-refractivity contribution >= 4 is 22.9 Å². The molecule has 0 saturated heterocycles. The molecule has 0 amide bonds. The quantitative estimate of drug-likeness (QED) is 0.781. The number of benzene rings is 1. The topological polar surface area (TPSA) is 22.1 Å². The number of para-hydroxylation sites is 1. The molecule has 2 aromatic rings. The van der Waals surface area contributed by atoms with Crippen LogP contribution in [-0.2, 0) is 0 Å². The highest BCUT2D eigenvalue weighted by molar-refractivity contribution is 7.14. The lowest BCUT2D eigenvalue weighted by Gasteiger charge is -2.04. The maximum absolute atomic E-state index is 5.77. The number of ether oxygens (including phenoxy) is 1. The molecule has 0 aliphatic heterocycles. The van der Waals surface area contributed by atoms with Crippen molar-refractivity contribution in [2.45, 2.75) is 0 Å². The predicted octanol–water partition coefficient (Wildman–Crippen LogP) is 3.47. The Morgan fingerprint density at radius 1 is 1.36 bits per heavy atom. The van der Waals surface area contributed by atoms with Gasteiger partial charge in [0.25, 0.3) is 0 Å². The summed E-state index contributed by atoms with van der Waals surface area (Å²) in [6.45, 7) is 0. The summed E-state index contributed by atoms with van der Waals surface area (Å²) < 4.78 is 5.78. The Labute approximate surface area is 91.1 Å². The average Bonchev–Trinajstić information content (AvgIpc) is 2.65. The van der Waals surface area contributed by atoms with E-state index in [1.54, 1.807) is 7.11 Å². The second-order valence-corrected chi connectivity index (χ2v) is 4.13. The van der Waals surface area contributed by atoms with E-state index in [0.717, 1.165) is 17.0 Å². The zero-order valence-electron chi connectivity index (χ0n) is 7.53. The van der Waals surface area contributed by atoms with Crippen LogP contribution in [0.1, 0.15) is 0 Å². The SMILES string of the molecule is COc1ccccc1-c1csc(Cl)n1. The second kappa shape index (κ2) is 3.98. The molecule has 0 aliphatic carbocycles. The van der Waals surface area contributed by atoms with Crippen molar-refractivity contribution in [3.8, 4) is 17.0 Å². The number of aromatic nitrogens is 1. The molecule has 2 rings (SSSR count). The van der Waals surface area contributed by atoms with Gasteiger partial charge in [-0.25, -0.2) is 4.98 Å². The van der Waals surface area contributed by atoms with Crippen LogP contribution in [0.25, 0.3) is 11.3 Å². The molecule has 0 bridgehead atoms. The first-order valence-electron chi connectivity index (χ1n) is 4.05. The highest BCUT2D eigenvalue weighted by Crippen LogP contribution is 2.31. The van der Waals surface area contributed by atoms with E-state index in [0.29, 0.717) is 4.47 Å². The van der Waals surface area contributed by atoms with Gasteiger partial charge >= 0.3 is 0 Å². The van der Waals surface area contributed by atoms with Crippen molar-refractivity contribution in [2.75, 3.05) is 7.11 Å².